The molecule has 1 atom stereocenters. The summed E-state index contributed by atoms with van der Waals surface area (Å²) in [6.45, 7) is 6.61. The Balaban J connectivity index is 2.28. The quantitative estimate of drug-likeness (QED) is 0.656. The molecule has 0 bridgehead atoms. The van der Waals surface area contributed by atoms with Gasteiger partial charge in [0.05, 0.1) is 0 Å². The number of hydrogen-bond donors (Lipinski definition) is 1. The molecule has 19 heavy (non-hydrogen) atoms. The van der Waals surface area contributed by atoms with Crippen molar-refractivity contribution in [1.82, 2.24) is 4.98 Å². The molecule has 1 aliphatic rings. The molecule has 0 fully saturated rings. The van der Waals surface area contributed by atoms with Gasteiger partial charge < -0.3 is 5.73 Å². The van der Waals surface area contributed by atoms with Gasteiger partial charge in [0.25, 0.3) is 0 Å². The van der Waals surface area contributed by atoms with Crippen molar-refractivity contribution < 1.29 is 0 Å². The monoisotopic (exact) mass is 259 g/mol. The number of nitrogen functional groups attached to an aromatic ring is 1. The molecule has 3 nitrogen and oxygen atoms in total. The second kappa shape index (κ2) is 6.18. The van der Waals surface area contributed by atoms with Gasteiger partial charge in [-0.05, 0) is 56.1 Å². The van der Waals surface area contributed by atoms with Gasteiger partial charge in [-0.2, -0.15) is 0 Å². The summed E-state index contributed by atoms with van der Waals surface area (Å²) < 4.78 is 0. The van der Waals surface area contributed by atoms with Crippen molar-refractivity contribution in [2.45, 2.75) is 59.3 Å². The van der Waals surface area contributed by atoms with Crippen LogP contribution in [0.1, 0.15) is 56.4 Å². The summed E-state index contributed by atoms with van der Waals surface area (Å²) in [4.78, 5) is 9.15. The molecule has 0 aliphatic heterocycles. The topological polar surface area (TPSA) is 51.3 Å². The molecule has 0 saturated heterocycles. The zero-order valence-electron chi connectivity index (χ0n) is 12.4. The molecule has 0 saturated carbocycles. The SMILES string of the molecule is CCCCC=Nc1c(N)nc2c(c1C)CCC(C)C2. The average molecular weight is 259 g/mol. The lowest BCUT2D eigenvalue weighted by molar-refractivity contribution is 0.491. The number of nitrogens with two attached hydrogens (primary N) is 1. The Hall–Kier alpha value is -1.38. The van der Waals surface area contributed by atoms with E-state index in [1.807, 2.05) is 6.21 Å². The first-order chi connectivity index (χ1) is 9.13. The molecule has 0 amide bonds. The molecule has 2 rings (SSSR count). The van der Waals surface area contributed by atoms with Crippen LogP contribution in [0.5, 0.6) is 0 Å². The van der Waals surface area contributed by atoms with Crippen LogP contribution in [-0.4, -0.2) is 11.2 Å². The molecule has 1 unspecified atom stereocenters. The molecule has 1 aliphatic carbocycles. The van der Waals surface area contributed by atoms with Gasteiger partial charge in [-0.1, -0.05) is 20.3 Å². The van der Waals surface area contributed by atoms with Gasteiger partial charge in [0.1, 0.15) is 11.5 Å². The summed E-state index contributed by atoms with van der Waals surface area (Å²) in [5.74, 6) is 1.32. The van der Waals surface area contributed by atoms with Crippen molar-refractivity contribution in [3.05, 3.63) is 16.8 Å². The molecule has 1 aromatic rings. The summed E-state index contributed by atoms with van der Waals surface area (Å²) in [5, 5.41) is 0. The third kappa shape index (κ3) is 3.14. The van der Waals surface area contributed by atoms with Gasteiger partial charge in [-0.15, -0.1) is 0 Å². The number of aromatic nitrogens is 1. The Labute approximate surface area is 116 Å². The molecular weight excluding hydrogens is 234 g/mol. The van der Waals surface area contributed by atoms with Gasteiger partial charge in [0, 0.05) is 11.9 Å². The number of nitrogens with zero attached hydrogens (tertiary/aromatic N) is 2. The van der Waals surface area contributed by atoms with E-state index < -0.39 is 0 Å². The van der Waals surface area contributed by atoms with Crippen LogP contribution in [-0.2, 0) is 12.8 Å². The second-order valence-corrected chi connectivity index (χ2v) is 5.70. The van der Waals surface area contributed by atoms with Crippen LogP contribution < -0.4 is 5.73 Å². The normalized spacial score (nSPS) is 18.8. The zero-order chi connectivity index (χ0) is 13.8. The van der Waals surface area contributed by atoms with E-state index in [0.717, 1.165) is 30.9 Å². The molecule has 1 aromatic heterocycles. The highest BCUT2D eigenvalue weighted by Gasteiger charge is 2.21. The lowest BCUT2D eigenvalue weighted by atomic mass is 9.85. The summed E-state index contributed by atoms with van der Waals surface area (Å²) in [5.41, 5.74) is 10.8. The lowest BCUT2D eigenvalue weighted by Crippen LogP contribution is -2.15. The molecular formula is C16H25N3. The number of rotatable bonds is 4. The predicted molar refractivity (Wildman–Crippen MR) is 82.3 cm³/mol. The Kier molecular flexibility index (Phi) is 4.56. The van der Waals surface area contributed by atoms with Crippen molar-refractivity contribution in [3.63, 3.8) is 0 Å². The fourth-order valence-corrected chi connectivity index (χ4v) is 2.76. The van der Waals surface area contributed by atoms with Crippen LogP contribution in [0.2, 0.25) is 0 Å². The van der Waals surface area contributed by atoms with E-state index in [0.29, 0.717) is 5.82 Å². The van der Waals surface area contributed by atoms with Gasteiger partial charge in [-0.3, -0.25) is 4.99 Å². The number of unbranched alkanes of at least 4 members (excludes halogenated alkanes) is 2. The highest BCUT2D eigenvalue weighted by Crippen LogP contribution is 2.34. The minimum absolute atomic E-state index is 0.595. The van der Waals surface area contributed by atoms with Crippen LogP contribution in [0.4, 0.5) is 11.5 Å². The molecule has 1 heterocycles. The summed E-state index contributed by atoms with van der Waals surface area (Å²) in [6, 6.07) is 0. The summed E-state index contributed by atoms with van der Waals surface area (Å²) >= 11 is 0. The number of hydrogen-bond acceptors (Lipinski definition) is 3. The van der Waals surface area contributed by atoms with Gasteiger partial charge >= 0.3 is 0 Å². The Morgan fingerprint density at radius 2 is 2.26 bits per heavy atom. The number of aliphatic imine (C=N–C) groups is 1. The van der Waals surface area contributed by atoms with Crippen LogP contribution in [0.25, 0.3) is 0 Å². The fraction of sp³-hybridized carbons (Fsp3) is 0.625. The molecule has 0 radical (unpaired) electrons. The van der Waals surface area contributed by atoms with E-state index in [1.54, 1.807) is 0 Å². The number of pyridine rings is 1. The van der Waals surface area contributed by atoms with Gasteiger partial charge in [-0.25, -0.2) is 4.98 Å². The van der Waals surface area contributed by atoms with E-state index in [9.17, 15) is 0 Å². The minimum atomic E-state index is 0.595. The Morgan fingerprint density at radius 3 is 3.00 bits per heavy atom. The average Bonchev–Trinajstić information content (AvgIpc) is 2.37. The van der Waals surface area contributed by atoms with E-state index in [2.05, 4.69) is 30.7 Å². The van der Waals surface area contributed by atoms with Crippen molar-refractivity contribution in [2.24, 2.45) is 10.9 Å². The van der Waals surface area contributed by atoms with Gasteiger partial charge in [0.15, 0.2) is 0 Å². The largest absolute Gasteiger partial charge is 0.382 e. The highest BCUT2D eigenvalue weighted by atomic mass is 14.9. The first-order valence-electron chi connectivity index (χ1n) is 7.43. The van der Waals surface area contributed by atoms with Crippen LogP contribution in [0.3, 0.4) is 0 Å². The summed E-state index contributed by atoms with van der Waals surface area (Å²) in [6.07, 6.45) is 8.80. The van der Waals surface area contributed by atoms with E-state index in [1.165, 1.54) is 36.1 Å². The molecule has 104 valence electrons. The van der Waals surface area contributed by atoms with Crippen LogP contribution >= 0.6 is 0 Å². The smallest absolute Gasteiger partial charge is 0.149 e. The molecule has 3 heteroatoms. The Bertz CT molecular complexity index is 477. The first kappa shape index (κ1) is 14.0. The predicted octanol–water partition coefficient (Wildman–Crippen LogP) is 3.99. The lowest BCUT2D eigenvalue weighted by Gasteiger charge is -2.23. The van der Waals surface area contributed by atoms with Gasteiger partial charge in [0.2, 0.25) is 0 Å². The minimum Gasteiger partial charge on any atom is -0.382 e. The second-order valence-electron chi connectivity index (χ2n) is 5.70. The van der Waals surface area contributed by atoms with Crippen molar-refractivity contribution in [3.8, 4) is 0 Å². The maximum atomic E-state index is 6.08. The number of anilines is 1. The first-order valence-corrected chi connectivity index (χ1v) is 7.43. The van der Waals surface area contributed by atoms with Crippen LogP contribution in [0.15, 0.2) is 4.99 Å². The fourth-order valence-electron chi connectivity index (χ4n) is 2.76. The highest BCUT2D eigenvalue weighted by molar-refractivity contribution is 5.72. The van der Waals surface area contributed by atoms with Crippen molar-refractivity contribution in [1.29, 1.82) is 0 Å². The van der Waals surface area contributed by atoms with E-state index in [4.69, 9.17) is 5.73 Å². The standard InChI is InChI=1S/C16H25N3/c1-4-5-6-9-18-15-12(3)13-8-7-11(2)10-14(13)19-16(15)17/h9,11H,4-8,10H2,1-3H3,(H2,17,19). The molecule has 0 spiro atoms. The van der Waals surface area contributed by atoms with E-state index >= 15 is 0 Å². The van der Waals surface area contributed by atoms with E-state index in [-0.39, 0.29) is 0 Å². The third-order valence-corrected chi connectivity index (χ3v) is 3.99. The maximum absolute atomic E-state index is 6.08. The third-order valence-electron chi connectivity index (χ3n) is 3.99. The molecule has 2 N–H and O–H groups in total. The van der Waals surface area contributed by atoms with Crippen molar-refractivity contribution in [2.75, 3.05) is 5.73 Å². The zero-order valence-corrected chi connectivity index (χ0v) is 12.4. The summed E-state index contributed by atoms with van der Waals surface area (Å²) in [7, 11) is 0. The number of fused-ring (bicyclic) bond motifs is 1. The van der Waals surface area contributed by atoms with Crippen molar-refractivity contribution >= 4 is 17.7 Å². The Morgan fingerprint density at radius 1 is 1.47 bits per heavy atom. The molecule has 0 aromatic carbocycles. The maximum Gasteiger partial charge on any atom is 0.149 e. The van der Waals surface area contributed by atoms with Crippen LogP contribution in [0, 0.1) is 12.8 Å².